The molecule has 2 N–H and O–H groups in total. The molecule has 1 saturated carbocycles. The monoisotopic (exact) mass is 205 g/mol. The van der Waals surface area contributed by atoms with E-state index in [1.54, 1.807) is 7.11 Å². The van der Waals surface area contributed by atoms with Crippen molar-refractivity contribution in [3.05, 3.63) is 29.8 Å². The van der Waals surface area contributed by atoms with Crippen LogP contribution in [-0.2, 0) is 6.42 Å². The van der Waals surface area contributed by atoms with Crippen molar-refractivity contribution in [2.45, 2.75) is 31.7 Å². The standard InChI is InChI=1S/C13H19NO/c1-13(14,11-7-8-11)9-10-5-3-4-6-12(10)15-2/h3-6,11H,7-9,14H2,1-2H3. The molecule has 1 atom stereocenters. The van der Waals surface area contributed by atoms with Crippen molar-refractivity contribution < 1.29 is 4.74 Å². The first-order valence-corrected chi connectivity index (χ1v) is 5.54. The Bertz CT molecular complexity index is 342. The van der Waals surface area contributed by atoms with Crippen LogP contribution in [0, 0.1) is 5.92 Å². The molecule has 2 nitrogen and oxygen atoms in total. The number of ether oxygens (including phenoxy) is 1. The van der Waals surface area contributed by atoms with E-state index >= 15 is 0 Å². The van der Waals surface area contributed by atoms with E-state index in [2.05, 4.69) is 13.0 Å². The fourth-order valence-electron chi connectivity index (χ4n) is 2.15. The zero-order chi connectivity index (χ0) is 10.9. The molecule has 0 heterocycles. The molecule has 0 aliphatic heterocycles. The summed E-state index contributed by atoms with van der Waals surface area (Å²) < 4.78 is 5.34. The number of para-hydroxylation sites is 1. The number of rotatable bonds is 4. The lowest BCUT2D eigenvalue weighted by atomic mass is 9.89. The molecule has 2 rings (SSSR count). The van der Waals surface area contributed by atoms with Gasteiger partial charge < -0.3 is 10.5 Å². The summed E-state index contributed by atoms with van der Waals surface area (Å²) in [5.41, 5.74) is 7.47. The van der Waals surface area contributed by atoms with E-state index in [1.807, 2.05) is 18.2 Å². The molecule has 1 aliphatic rings. The Balaban J connectivity index is 2.15. The normalized spacial score (nSPS) is 19.7. The van der Waals surface area contributed by atoms with Crippen LogP contribution in [0.25, 0.3) is 0 Å². The number of methoxy groups -OCH3 is 1. The average Bonchev–Trinajstić information content (AvgIpc) is 3.01. The van der Waals surface area contributed by atoms with E-state index in [9.17, 15) is 0 Å². The van der Waals surface area contributed by atoms with E-state index in [4.69, 9.17) is 10.5 Å². The van der Waals surface area contributed by atoms with Crippen molar-refractivity contribution in [3.63, 3.8) is 0 Å². The molecule has 0 aromatic heterocycles. The van der Waals surface area contributed by atoms with Gasteiger partial charge in [0.15, 0.2) is 0 Å². The van der Waals surface area contributed by atoms with Gasteiger partial charge in [-0.1, -0.05) is 18.2 Å². The van der Waals surface area contributed by atoms with Gasteiger partial charge in [-0.25, -0.2) is 0 Å². The first-order chi connectivity index (χ1) is 7.13. The van der Waals surface area contributed by atoms with Crippen LogP contribution in [0.1, 0.15) is 25.3 Å². The number of hydrogen-bond donors (Lipinski definition) is 1. The Hall–Kier alpha value is -1.02. The van der Waals surface area contributed by atoms with Crippen molar-refractivity contribution >= 4 is 0 Å². The summed E-state index contributed by atoms with van der Waals surface area (Å²) in [4.78, 5) is 0. The summed E-state index contributed by atoms with van der Waals surface area (Å²) in [6.07, 6.45) is 3.46. The van der Waals surface area contributed by atoms with Crippen LogP contribution in [0.15, 0.2) is 24.3 Å². The van der Waals surface area contributed by atoms with Crippen LogP contribution >= 0.6 is 0 Å². The number of hydrogen-bond acceptors (Lipinski definition) is 2. The van der Waals surface area contributed by atoms with Gasteiger partial charge in [-0.3, -0.25) is 0 Å². The topological polar surface area (TPSA) is 35.2 Å². The Morgan fingerprint density at radius 3 is 2.67 bits per heavy atom. The van der Waals surface area contributed by atoms with E-state index in [-0.39, 0.29) is 5.54 Å². The van der Waals surface area contributed by atoms with Gasteiger partial charge in [-0.05, 0) is 43.7 Å². The van der Waals surface area contributed by atoms with Crippen molar-refractivity contribution in [2.24, 2.45) is 11.7 Å². The van der Waals surface area contributed by atoms with E-state index in [1.165, 1.54) is 18.4 Å². The minimum Gasteiger partial charge on any atom is -0.496 e. The molecular formula is C13H19NO. The third-order valence-electron chi connectivity index (χ3n) is 3.27. The summed E-state index contributed by atoms with van der Waals surface area (Å²) in [6, 6.07) is 8.14. The quantitative estimate of drug-likeness (QED) is 0.819. The summed E-state index contributed by atoms with van der Waals surface area (Å²) in [7, 11) is 1.71. The molecule has 0 radical (unpaired) electrons. The zero-order valence-corrected chi connectivity index (χ0v) is 9.49. The van der Waals surface area contributed by atoms with Gasteiger partial charge in [0.05, 0.1) is 7.11 Å². The van der Waals surface area contributed by atoms with Gasteiger partial charge in [0, 0.05) is 5.54 Å². The predicted octanol–water partition coefficient (Wildman–Crippen LogP) is 2.37. The van der Waals surface area contributed by atoms with Crippen LogP contribution in [0.4, 0.5) is 0 Å². The van der Waals surface area contributed by atoms with Crippen LogP contribution < -0.4 is 10.5 Å². The van der Waals surface area contributed by atoms with E-state index < -0.39 is 0 Å². The minimum atomic E-state index is -0.0748. The first kappa shape index (κ1) is 10.5. The number of benzene rings is 1. The molecule has 1 unspecified atom stereocenters. The van der Waals surface area contributed by atoms with Crippen LogP contribution in [0.5, 0.6) is 5.75 Å². The molecule has 1 fully saturated rings. The van der Waals surface area contributed by atoms with Gasteiger partial charge in [-0.2, -0.15) is 0 Å². The molecule has 0 amide bonds. The summed E-state index contributed by atoms with van der Waals surface area (Å²) in [6.45, 7) is 2.15. The Morgan fingerprint density at radius 2 is 2.07 bits per heavy atom. The maximum absolute atomic E-state index is 6.32. The lowest BCUT2D eigenvalue weighted by Crippen LogP contribution is -2.41. The van der Waals surface area contributed by atoms with Crippen molar-refractivity contribution in [1.82, 2.24) is 0 Å². The van der Waals surface area contributed by atoms with Crippen molar-refractivity contribution in [1.29, 1.82) is 0 Å². The summed E-state index contributed by atoms with van der Waals surface area (Å²) in [5.74, 6) is 1.65. The largest absolute Gasteiger partial charge is 0.496 e. The second-order valence-electron chi connectivity index (χ2n) is 4.77. The van der Waals surface area contributed by atoms with E-state index in [0.29, 0.717) is 5.92 Å². The molecule has 82 valence electrons. The molecule has 1 aromatic carbocycles. The van der Waals surface area contributed by atoms with Crippen LogP contribution in [-0.4, -0.2) is 12.6 Å². The molecular weight excluding hydrogens is 186 g/mol. The average molecular weight is 205 g/mol. The lowest BCUT2D eigenvalue weighted by molar-refractivity contribution is 0.379. The molecule has 1 aromatic rings. The highest BCUT2D eigenvalue weighted by atomic mass is 16.5. The Kier molecular flexibility index (Phi) is 2.70. The second-order valence-corrected chi connectivity index (χ2v) is 4.77. The first-order valence-electron chi connectivity index (χ1n) is 5.54. The second kappa shape index (κ2) is 3.86. The van der Waals surface area contributed by atoms with Gasteiger partial charge in [0.2, 0.25) is 0 Å². The van der Waals surface area contributed by atoms with E-state index in [0.717, 1.165) is 12.2 Å². The molecule has 0 spiro atoms. The SMILES string of the molecule is COc1ccccc1CC(C)(N)C1CC1. The van der Waals surface area contributed by atoms with Gasteiger partial charge in [0.1, 0.15) is 5.75 Å². The number of nitrogens with two attached hydrogens (primary N) is 1. The Labute approximate surface area is 91.4 Å². The molecule has 0 saturated heterocycles. The smallest absolute Gasteiger partial charge is 0.122 e. The Morgan fingerprint density at radius 1 is 1.40 bits per heavy atom. The van der Waals surface area contributed by atoms with Gasteiger partial charge in [0.25, 0.3) is 0 Å². The fraction of sp³-hybridized carbons (Fsp3) is 0.538. The highest BCUT2D eigenvalue weighted by molar-refractivity contribution is 5.34. The minimum absolute atomic E-state index is 0.0748. The molecule has 2 heteroatoms. The molecule has 0 bridgehead atoms. The molecule has 1 aliphatic carbocycles. The lowest BCUT2D eigenvalue weighted by Gasteiger charge is -2.25. The van der Waals surface area contributed by atoms with Crippen LogP contribution in [0.2, 0.25) is 0 Å². The van der Waals surface area contributed by atoms with Crippen molar-refractivity contribution in [2.75, 3.05) is 7.11 Å². The zero-order valence-electron chi connectivity index (χ0n) is 9.49. The van der Waals surface area contributed by atoms with Crippen LogP contribution in [0.3, 0.4) is 0 Å². The van der Waals surface area contributed by atoms with Gasteiger partial charge >= 0.3 is 0 Å². The third kappa shape index (κ3) is 2.32. The highest BCUT2D eigenvalue weighted by Gasteiger charge is 2.38. The third-order valence-corrected chi connectivity index (χ3v) is 3.27. The van der Waals surface area contributed by atoms with Crippen molar-refractivity contribution in [3.8, 4) is 5.75 Å². The maximum Gasteiger partial charge on any atom is 0.122 e. The summed E-state index contributed by atoms with van der Waals surface area (Å²) in [5, 5.41) is 0. The summed E-state index contributed by atoms with van der Waals surface area (Å²) >= 11 is 0. The van der Waals surface area contributed by atoms with Gasteiger partial charge in [-0.15, -0.1) is 0 Å². The highest BCUT2D eigenvalue weighted by Crippen LogP contribution is 2.40. The maximum atomic E-state index is 6.32. The molecule has 15 heavy (non-hydrogen) atoms. The fourth-order valence-corrected chi connectivity index (χ4v) is 2.15. The predicted molar refractivity (Wildman–Crippen MR) is 62.0 cm³/mol.